The van der Waals surface area contributed by atoms with Gasteiger partial charge in [-0.05, 0) is 36.6 Å². The lowest BCUT2D eigenvalue weighted by atomic mass is 10.1. The third-order valence-electron chi connectivity index (χ3n) is 3.98. The number of rotatable bonds is 5. The highest BCUT2D eigenvalue weighted by atomic mass is 16.1. The molecule has 1 N–H and O–H groups in total. The number of nitrogens with zero attached hydrogens (tertiary/aromatic N) is 3. The van der Waals surface area contributed by atoms with Crippen LogP contribution in [0.2, 0.25) is 0 Å². The van der Waals surface area contributed by atoms with Gasteiger partial charge in [0.15, 0.2) is 0 Å². The summed E-state index contributed by atoms with van der Waals surface area (Å²) in [6.45, 7) is 4.07. The van der Waals surface area contributed by atoms with E-state index in [2.05, 4.69) is 22.2 Å². The quantitative estimate of drug-likeness (QED) is 0.788. The van der Waals surface area contributed by atoms with Crippen LogP contribution in [0.3, 0.4) is 0 Å². The number of nitrogens with one attached hydrogen (secondary N) is 1. The van der Waals surface area contributed by atoms with Crippen LogP contribution < -0.4 is 5.32 Å². The van der Waals surface area contributed by atoms with Crippen molar-refractivity contribution < 1.29 is 4.79 Å². The number of carbonyl (C=O) groups excluding carboxylic acids is 1. The number of aryl methyl sites for hydroxylation is 1. The average Bonchev–Trinajstić information content (AvgIpc) is 2.98. The molecule has 0 radical (unpaired) electrons. The number of fused-ring (bicyclic) bond motifs is 1. The van der Waals surface area contributed by atoms with Crippen LogP contribution in [0, 0.1) is 6.92 Å². The molecule has 3 heterocycles. The summed E-state index contributed by atoms with van der Waals surface area (Å²) in [5, 5.41) is 3.08. The highest BCUT2D eigenvalue weighted by Gasteiger charge is 2.15. The van der Waals surface area contributed by atoms with Gasteiger partial charge in [0.1, 0.15) is 5.65 Å². The van der Waals surface area contributed by atoms with Crippen molar-refractivity contribution in [1.82, 2.24) is 19.7 Å². The first-order valence-corrected chi connectivity index (χ1v) is 7.80. The molecule has 3 aromatic rings. The summed E-state index contributed by atoms with van der Waals surface area (Å²) >= 11 is 0. The monoisotopic (exact) mass is 308 g/mol. The van der Waals surface area contributed by atoms with E-state index in [1.807, 2.05) is 41.8 Å². The molecule has 0 aliphatic heterocycles. The first kappa shape index (κ1) is 15.2. The van der Waals surface area contributed by atoms with Crippen molar-refractivity contribution in [2.24, 2.45) is 0 Å². The summed E-state index contributed by atoms with van der Waals surface area (Å²) in [6.07, 6.45) is 8.37. The second-order valence-corrected chi connectivity index (χ2v) is 5.63. The lowest BCUT2D eigenvalue weighted by molar-refractivity contribution is -0.121. The molecule has 0 fully saturated rings. The van der Waals surface area contributed by atoms with Crippen molar-refractivity contribution in [2.75, 3.05) is 0 Å². The van der Waals surface area contributed by atoms with Gasteiger partial charge in [0.25, 0.3) is 0 Å². The van der Waals surface area contributed by atoms with Crippen LogP contribution in [-0.4, -0.2) is 20.3 Å². The van der Waals surface area contributed by atoms with Gasteiger partial charge in [0.2, 0.25) is 5.91 Å². The van der Waals surface area contributed by atoms with Gasteiger partial charge in [-0.2, -0.15) is 0 Å². The number of amides is 1. The number of aromatic nitrogens is 3. The Morgan fingerprint density at radius 1 is 1.30 bits per heavy atom. The lowest BCUT2D eigenvalue weighted by Crippen LogP contribution is -2.29. The summed E-state index contributed by atoms with van der Waals surface area (Å²) < 4.78 is 1.97. The molecule has 3 aromatic heterocycles. The van der Waals surface area contributed by atoms with E-state index in [-0.39, 0.29) is 11.9 Å². The van der Waals surface area contributed by atoms with Crippen LogP contribution in [0.4, 0.5) is 0 Å². The molecule has 3 rings (SSSR count). The van der Waals surface area contributed by atoms with Gasteiger partial charge in [-0.1, -0.05) is 19.1 Å². The van der Waals surface area contributed by atoms with Crippen LogP contribution in [0.25, 0.3) is 5.65 Å². The van der Waals surface area contributed by atoms with Crippen LogP contribution in [0.15, 0.2) is 49.1 Å². The van der Waals surface area contributed by atoms with Crippen molar-refractivity contribution >= 4 is 11.6 Å². The minimum absolute atomic E-state index is 0.0102. The summed E-state index contributed by atoms with van der Waals surface area (Å²) in [6, 6.07) is 7.84. The standard InChI is InChI=1S/C18H20N4O/c1-3-16(14-7-4-8-19-11-14)21-17(23)10-15-12-20-18-13(2)6-5-9-22(15)18/h4-9,11-12,16H,3,10H2,1-2H3,(H,21,23)/t16-/m0/s1. The molecule has 0 aliphatic rings. The summed E-state index contributed by atoms with van der Waals surface area (Å²) in [7, 11) is 0. The molecule has 0 aromatic carbocycles. The Labute approximate surface area is 135 Å². The van der Waals surface area contributed by atoms with E-state index in [0.717, 1.165) is 28.9 Å². The average molecular weight is 308 g/mol. The Morgan fingerprint density at radius 3 is 2.91 bits per heavy atom. The zero-order valence-corrected chi connectivity index (χ0v) is 13.4. The SMILES string of the molecule is CC[C@H](NC(=O)Cc1cnc2c(C)cccn12)c1cccnc1. The fourth-order valence-corrected chi connectivity index (χ4v) is 2.75. The maximum Gasteiger partial charge on any atom is 0.226 e. The highest BCUT2D eigenvalue weighted by molar-refractivity contribution is 5.79. The molecule has 0 saturated heterocycles. The smallest absolute Gasteiger partial charge is 0.226 e. The summed E-state index contributed by atoms with van der Waals surface area (Å²) in [5.74, 6) is -0.0102. The molecule has 0 aliphatic carbocycles. The van der Waals surface area contributed by atoms with Crippen LogP contribution in [-0.2, 0) is 11.2 Å². The maximum absolute atomic E-state index is 12.4. The van der Waals surface area contributed by atoms with E-state index in [0.29, 0.717) is 6.42 Å². The van der Waals surface area contributed by atoms with Gasteiger partial charge in [-0.15, -0.1) is 0 Å². The minimum atomic E-state index is -0.0166. The Kier molecular flexibility index (Phi) is 4.37. The Hall–Kier alpha value is -2.69. The number of carbonyl (C=O) groups is 1. The topological polar surface area (TPSA) is 59.3 Å². The van der Waals surface area contributed by atoms with Crippen LogP contribution in [0.5, 0.6) is 0 Å². The summed E-state index contributed by atoms with van der Waals surface area (Å²) in [5.41, 5.74) is 3.91. The third-order valence-corrected chi connectivity index (χ3v) is 3.98. The van der Waals surface area contributed by atoms with E-state index < -0.39 is 0 Å². The largest absolute Gasteiger partial charge is 0.349 e. The molecular weight excluding hydrogens is 288 g/mol. The molecule has 118 valence electrons. The van der Waals surface area contributed by atoms with Crippen molar-refractivity contribution in [3.63, 3.8) is 0 Å². The van der Waals surface area contributed by atoms with E-state index in [1.54, 1.807) is 18.6 Å². The number of imidazole rings is 1. The lowest BCUT2D eigenvalue weighted by Gasteiger charge is -2.17. The molecule has 0 bridgehead atoms. The van der Waals surface area contributed by atoms with E-state index in [1.165, 1.54) is 0 Å². The van der Waals surface area contributed by atoms with Crippen LogP contribution in [0.1, 0.15) is 36.2 Å². The van der Waals surface area contributed by atoms with E-state index in [4.69, 9.17) is 0 Å². The highest BCUT2D eigenvalue weighted by Crippen LogP contribution is 2.16. The molecular formula is C18H20N4O. The van der Waals surface area contributed by atoms with Gasteiger partial charge < -0.3 is 9.72 Å². The molecule has 0 saturated carbocycles. The number of hydrogen-bond acceptors (Lipinski definition) is 3. The zero-order valence-electron chi connectivity index (χ0n) is 13.4. The number of hydrogen-bond donors (Lipinski definition) is 1. The van der Waals surface area contributed by atoms with Gasteiger partial charge in [0, 0.05) is 24.8 Å². The van der Waals surface area contributed by atoms with Crippen molar-refractivity contribution in [3.05, 3.63) is 65.9 Å². The molecule has 0 unspecified atom stereocenters. The second-order valence-electron chi connectivity index (χ2n) is 5.63. The first-order chi connectivity index (χ1) is 11.2. The fourth-order valence-electron chi connectivity index (χ4n) is 2.75. The molecule has 1 amide bonds. The van der Waals surface area contributed by atoms with Gasteiger partial charge in [-0.25, -0.2) is 4.98 Å². The molecule has 0 spiro atoms. The maximum atomic E-state index is 12.4. The van der Waals surface area contributed by atoms with Gasteiger partial charge in [-0.3, -0.25) is 9.78 Å². The minimum Gasteiger partial charge on any atom is -0.349 e. The van der Waals surface area contributed by atoms with Gasteiger partial charge >= 0.3 is 0 Å². The predicted molar refractivity (Wildman–Crippen MR) is 89.0 cm³/mol. The van der Waals surface area contributed by atoms with Crippen molar-refractivity contribution in [1.29, 1.82) is 0 Å². The fraction of sp³-hybridized carbons (Fsp3) is 0.278. The molecule has 5 nitrogen and oxygen atoms in total. The predicted octanol–water partition coefficient (Wildman–Crippen LogP) is 2.85. The van der Waals surface area contributed by atoms with Crippen molar-refractivity contribution in [3.8, 4) is 0 Å². The third kappa shape index (κ3) is 3.23. The Morgan fingerprint density at radius 2 is 2.17 bits per heavy atom. The molecule has 5 heteroatoms. The Balaban J connectivity index is 1.74. The number of pyridine rings is 2. The molecule has 23 heavy (non-hydrogen) atoms. The van der Waals surface area contributed by atoms with Gasteiger partial charge in [0.05, 0.1) is 18.2 Å². The Bertz CT molecular complexity index is 810. The van der Waals surface area contributed by atoms with E-state index >= 15 is 0 Å². The van der Waals surface area contributed by atoms with Crippen molar-refractivity contribution in [2.45, 2.75) is 32.7 Å². The molecule has 1 atom stereocenters. The normalized spacial score (nSPS) is 12.3. The first-order valence-electron chi connectivity index (χ1n) is 7.80. The zero-order chi connectivity index (χ0) is 16.2. The second kappa shape index (κ2) is 6.60. The summed E-state index contributed by atoms with van der Waals surface area (Å²) in [4.78, 5) is 20.9. The van der Waals surface area contributed by atoms with Crippen LogP contribution >= 0.6 is 0 Å². The van der Waals surface area contributed by atoms with E-state index in [9.17, 15) is 4.79 Å².